The van der Waals surface area contributed by atoms with Crippen LogP contribution in [0.4, 0.5) is 0 Å². The van der Waals surface area contributed by atoms with Crippen molar-refractivity contribution in [2.75, 3.05) is 20.3 Å². The molecule has 2 rings (SSSR count). The van der Waals surface area contributed by atoms with Gasteiger partial charge in [0.1, 0.15) is 0 Å². The predicted molar refractivity (Wildman–Crippen MR) is 81.1 cm³/mol. The van der Waals surface area contributed by atoms with Crippen LogP contribution in [-0.2, 0) is 4.74 Å². The van der Waals surface area contributed by atoms with Crippen molar-refractivity contribution in [1.82, 2.24) is 5.32 Å². The van der Waals surface area contributed by atoms with Gasteiger partial charge in [-0.15, -0.1) is 0 Å². The van der Waals surface area contributed by atoms with Crippen LogP contribution in [0, 0.1) is 0 Å². The van der Waals surface area contributed by atoms with Gasteiger partial charge in [-0.1, -0.05) is 12.1 Å². The quantitative estimate of drug-likeness (QED) is 0.747. The van der Waals surface area contributed by atoms with Crippen molar-refractivity contribution < 1.29 is 24.5 Å². The Balaban J connectivity index is 2.17. The van der Waals surface area contributed by atoms with E-state index in [9.17, 15) is 9.59 Å². The number of aliphatic hydroxyl groups excluding tert-OH is 1. The first-order chi connectivity index (χ1) is 10.5. The second kappa shape index (κ2) is 7.02. The number of ether oxygens (including phenoxy) is 1. The summed E-state index contributed by atoms with van der Waals surface area (Å²) in [4.78, 5) is 23.0. The number of aliphatic hydroxyl groups is 1. The minimum Gasteiger partial charge on any atom is -0.478 e. The fourth-order valence-electron chi connectivity index (χ4n) is 2.05. The summed E-state index contributed by atoms with van der Waals surface area (Å²) in [6, 6.07) is 9.75. The summed E-state index contributed by atoms with van der Waals surface area (Å²) in [7, 11) is 1.46. The summed E-state index contributed by atoms with van der Waals surface area (Å²) in [6.07, 6.45) is -0.442. The van der Waals surface area contributed by atoms with Gasteiger partial charge in [0, 0.05) is 19.2 Å². The number of hydrogen-bond acceptors (Lipinski definition) is 4. The van der Waals surface area contributed by atoms with E-state index in [0.29, 0.717) is 5.56 Å². The molecule has 0 aliphatic rings. The van der Waals surface area contributed by atoms with Gasteiger partial charge in [0.2, 0.25) is 0 Å². The predicted octanol–water partition coefficient (Wildman–Crippen LogP) is 1.28. The van der Waals surface area contributed by atoms with E-state index in [2.05, 4.69) is 5.32 Å². The van der Waals surface area contributed by atoms with Gasteiger partial charge in [0.05, 0.1) is 18.3 Å². The van der Waals surface area contributed by atoms with Crippen molar-refractivity contribution >= 4 is 22.6 Å². The van der Waals surface area contributed by atoms with Gasteiger partial charge in [-0.05, 0) is 35.0 Å². The van der Waals surface area contributed by atoms with Gasteiger partial charge in [0.25, 0.3) is 5.91 Å². The maximum Gasteiger partial charge on any atom is 0.335 e. The molecule has 1 atom stereocenters. The molecule has 0 aliphatic carbocycles. The first-order valence-corrected chi connectivity index (χ1v) is 6.74. The number of hydrogen-bond donors (Lipinski definition) is 3. The number of benzene rings is 2. The average Bonchev–Trinajstić information content (AvgIpc) is 2.54. The molecule has 0 aliphatic heterocycles. The van der Waals surface area contributed by atoms with Crippen LogP contribution in [0.3, 0.4) is 0 Å². The lowest BCUT2D eigenvalue weighted by atomic mass is 10.0. The first kappa shape index (κ1) is 15.9. The Hall–Kier alpha value is -2.44. The van der Waals surface area contributed by atoms with Gasteiger partial charge in [-0.2, -0.15) is 0 Å². The summed E-state index contributed by atoms with van der Waals surface area (Å²) < 4.78 is 4.97. The highest BCUT2D eigenvalue weighted by Crippen LogP contribution is 2.18. The second-order valence-electron chi connectivity index (χ2n) is 4.83. The minimum atomic E-state index is -0.988. The second-order valence-corrected chi connectivity index (χ2v) is 4.83. The molecule has 0 unspecified atom stereocenters. The average molecular weight is 303 g/mol. The van der Waals surface area contributed by atoms with Gasteiger partial charge >= 0.3 is 5.97 Å². The lowest BCUT2D eigenvalue weighted by Crippen LogP contribution is -2.35. The molecule has 2 aromatic rings. The molecule has 2 aromatic carbocycles. The Morgan fingerprint density at radius 3 is 2.27 bits per heavy atom. The SMILES string of the molecule is CO[C@@H](CO)CNC(=O)c1ccc2cc(C(=O)O)ccc2c1. The highest BCUT2D eigenvalue weighted by Gasteiger charge is 2.11. The number of carboxylic acid groups (broad SMARTS) is 1. The highest BCUT2D eigenvalue weighted by atomic mass is 16.5. The van der Waals surface area contributed by atoms with Crippen LogP contribution in [0.2, 0.25) is 0 Å². The van der Waals surface area contributed by atoms with E-state index < -0.39 is 12.1 Å². The van der Waals surface area contributed by atoms with E-state index in [0.717, 1.165) is 10.8 Å². The third-order valence-electron chi connectivity index (χ3n) is 3.38. The molecular weight excluding hydrogens is 286 g/mol. The molecule has 116 valence electrons. The normalized spacial score (nSPS) is 12.1. The number of carbonyl (C=O) groups is 2. The summed E-state index contributed by atoms with van der Waals surface area (Å²) in [5.41, 5.74) is 0.666. The molecule has 0 aromatic heterocycles. The highest BCUT2D eigenvalue weighted by molar-refractivity contribution is 6.00. The molecule has 0 spiro atoms. The van der Waals surface area contributed by atoms with E-state index in [1.54, 1.807) is 30.3 Å². The monoisotopic (exact) mass is 303 g/mol. The van der Waals surface area contributed by atoms with E-state index in [1.165, 1.54) is 13.2 Å². The molecule has 0 heterocycles. The Morgan fingerprint density at radius 2 is 1.73 bits per heavy atom. The number of aromatic carboxylic acids is 1. The lowest BCUT2D eigenvalue weighted by Gasteiger charge is -2.13. The maximum atomic E-state index is 12.1. The number of fused-ring (bicyclic) bond motifs is 1. The van der Waals surface area contributed by atoms with Gasteiger partial charge < -0.3 is 20.3 Å². The van der Waals surface area contributed by atoms with E-state index in [1.807, 2.05) is 0 Å². The van der Waals surface area contributed by atoms with Crippen LogP contribution in [0.5, 0.6) is 0 Å². The molecule has 0 fully saturated rings. The molecule has 0 radical (unpaired) electrons. The molecular formula is C16H17NO5. The zero-order valence-corrected chi connectivity index (χ0v) is 12.1. The molecule has 22 heavy (non-hydrogen) atoms. The standard InChI is InChI=1S/C16H17NO5/c1-22-14(9-18)8-17-15(19)12-4-2-11-7-13(16(20)21)5-3-10(11)6-12/h2-7,14,18H,8-9H2,1H3,(H,17,19)(H,20,21)/t14-/m1/s1. The summed E-state index contributed by atoms with van der Waals surface area (Å²) in [5, 5.41) is 22.2. The lowest BCUT2D eigenvalue weighted by molar-refractivity contribution is 0.0474. The molecule has 0 saturated carbocycles. The molecule has 0 saturated heterocycles. The molecule has 6 nitrogen and oxygen atoms in total. The van der Waals surface area contributed by atoms with Crippen molar-refractivity contribution in [3.8, 4) is 0 Å². The molecule has 0 bridgehead atoms. The van der Waals surface area contributed by atoms with E-state index in [-0.39, 0.29) is 24.6 Å². The minimum absolute atomic E-state index is 0.174. The first-order valence-electron chi connectivity index (χ1n) is 6.74. The third-order valence-corrected chi connectivity index (χ3v) is 3.38. The van der Waals surface area contributed by atoms with Crippen LogP contribution in [-0.4, -0.2) is 48.5 Å². The summed E-state index contributed by atoms with van der Waals surface area (Å²) >= 11 is 0. The topological polar surface area (TPSA) is 95.9 Å². The number of carboxylic acids is 1. The molecule has 6 heteroatoms. The third kappa shape index (κ3) is 3.60. The van der Waals surface area contributed by atoms with E-state index >= 15 is 0 Å². The van der Waals surface area contributed by atoms with Gasteiger partial charge in [-0.3, -0.25) is 4.79 Å². The Morgan fingerprint density at radius 1 is 1.14 bits per heavy atom. The Bertz CT molecular complexity index is 694. The van der Waals surface area contributed by atoms with Gasteiger partial charge in [0.15, 0.2) is 0 Å². The van der Waals surface area contributed by atoms with Gasteiger partial charge in [-0.25, -0.2) is 4.79 Å². The smallest absolute Gasteiger partial charge is 0.335 e. The van der Waals surface area contributed by atoms with Crippen LogP contribution >= 0.6 is 0 Å². The molecule has 1 amide bonds. The van der Waals surface area contributed by atoms with Crippen molar-refractivity contribution in [3.63, 3.8) is 0 Å². The van der Waals surface area contributed by atoms with Crippen LogP contribution in [0.25, 0.3) is 10.8 Å². The van der Waals surface area contributed by atoms with E-state index in [4.69, 9.17) is 14.9 Å². The summed E-state index contributed by atoms with van der Waals surface area (Å²) in [6.45, 7) is 0.0360. The largest absolute Gasteiger partial charge is 0.478 e. The maximum absolute atomic E-state index is 12.1. The van der Waals surface area contributed by atoms with Crippen LogP contribution in [0.1, 0.15) is 20.7 Å². The summed E-state index contributed by atoms with van der Waals surface area (Å²) in [5.74, 6) is -1.27. The Kier molecular flexibility index (Phi) is 5.08. The van der Waals surface area contributed by atoms with Crippen LogP contribution in [0.15, 0.2) is 36.4 Å². The fraction of sp³-hybridized carbons (Fsp3) is 0.250. The fourth-order valence-corrected chi connectivity index (χ4v) is 2.05. The van der Waals surface area contributed by atoms with Crippen molar-refractivity contribution in [2.45, 2.75) is 6.10 Å². The number of rotatable bonds is 6. The number of nitrogens with one attached hydrogen (secondary N) is 1. The van der Waals surface area contributed by atoms with Crippen molar-refractivity contribution in [3.05, 3.63) is 47.5 Å². The number of amides is 1. The zero-order chi connectivity index (χ0) is 16.1. The number of carbonyl (C=O) groups excluding carboxylic acids is 1. The Labute approximate surface area is 127 Å². The zero-order valence-electron chi connectivity index (χ0n) is 12.1. The number of methoxy groups -OCH3 is 1. The van der Waals surface area contributed by atoms with Crippen molar-refractivity contribution in [1.29, 1.82) is 0 Å². The molecule has 3 N–H and O–H groups in total. The van der Waals surface area contributed by atoms with Crippen LogP contribution < -0.4 is 5.32 Å². The van der Waals surface area contributed by atoms with Crippen molar-refractivity contribution in [2.24, 2.45) is 0 Å².